The Labute approximate surface area is 90.2 Å². The summed E-state index contributed by atoms with van der Waals surface area (Å²) in [5, 5.41) is 14.3. The first-order valence-corrected chi connectivity index (χ1v) is 5.23. The van der Waals surface area contributed by atoms with Crippen LogP contribution in [-0.2, 0) is 9.59 Å². The zero-order chi connectivity index (χ0) is 11.8. The number of carboxylic acids is 1. The molecule has 0 spiro atoms. The fourth-order valence-corrected chi connectivity index (χ4v) is 1.08. The van der Waals surface area contributed by atoms with E-state index in [-0.39, 0.29) is 5.91 Å². The van der Waals surface area contributed by atoms with Crippen molar-refractivity contribution in [2.45, 2.75) is 45.7 Å². The minimum atomic E-state index is -0.984. The molecule has 0 unspecified atom stereocenters. The molecule has 0 rings (SSSR count). The van der Waals surface area contributed by atoms with Crippen molar-refractivity contribution in [3.05, 3.63) is 0 Å². The number of hydrogen-bond acceptors (Lipinski definition) is 3. The summed E-state index contributed by atoms with van der Waals surface area (Å²) in [5.41, 5.74) is 0. The molecule has 0 aromatic rings. The highest BCUT2D eigenvalue weighted by Gasteiger charge is 2.16. The molecule has 0 saturated carbocycles. The van der Waals surface area contributed by atoms with Gasteiger partial charge >= 0.3 is 5.97 Å². The molecule has 0 aromatic heterocycles. The van der Waals surface area contributed by atoms with Crippen molar-refractivity contribution >= 4 is 11.9 Å². The largest absolute Gasteiger partial charge is 0.480 e. The summed E-state index contributed by atoms with van der Waals surface area (Å²) in [4.78, 5) is 21.9. The maximum Gasteiger partial charge on any atom is 0.326 e. The van der Waals surface area contributed by atoms with Gasteiger partial charge in [-0.2, -0.15) is 0 Å². The standard InChI is InChI=1S/C10H20N2O3/c1-4-8(10(14)15)12-9(13)5-6-11-7(2)3/h7-8,11H,4-6H2,1-3H3,(H,12,13)(H,14,15)/t8-/m0/s1. The number of carbonyl (C=O) groups excluding carboxylic acids is 1. The van der Waals surface area contributed by atoms with Crippen LogP contribution in [0.4, 0.5) is 0 Å². The maximum absolute atomic E-state index is 11.3. The van der Waals surface area contributed by atoms with E-state index < -0.39 is 12.0 Å². The van der Waals surface area contributed by atoms with Gasteiger partial charge in [-0.1, -0.05) is 20.8 Å². The van der Waals surface area contributed by atoms with Gasteiger partial charge in [-0.15, -0.1) is 0 Å². The number of carboxylic acid groups (broad SMARTS) is 1. The number of amides is 1. The fraction of sp³-hybridized carbons (Fsp3) is 0.800. The van der Waals surface area contributed by atoms with E-state index in [1.807, 2.05) is 13.8 Å². The Morgan fingerprint density at radius 1 is 1.33 bits per heavy atom. The molecule has 0 aromatic carbocycles. The molecule has 5 nitrogen and oxygen atoms in total. The molecule has 1 atom stereocenters. The average molecular weight is 216 g/mol. The molecular formula is C10H20N2O3. The smallest absolute Gasteiger partial charge is 0.326 e. The van der Waals surface area contributed by atoms with Crippen molar-refractivity contribution in [2.75, 3.05) is 6.54 Å². The van der Waals surface area contributed by atoms with Crippen molar-refractivity contribution in [1.29, 1.82) is 0 Å². The first kappa shape index (κ1) is 13.9. The minimum absolute atomic E-state index is 0.225. The van der Waals surface area contributed by atoms with Crippen LogP contribution >= 0.6 is 0 Å². The lowest BCUT2D eigenvalue weighted by Crippen LogP contribution is -2.41. The van der Waals surface area contributed by atoms with E-state index >= 15 is 0 Å². The van der Waals surface area contributed by atoms with Crippen molar-refractivity contribution in [1.82, 2.24) is 10.6 Å². The summed E-state index contributed by atoms with van der Waals surface area (Å²) in [6.45, 7) is 6.28. The van der Waals surface area contributed by atoms with E-state index in [1.165, 1.54) is 0 Å². The second-order valence-corrected chi connectivity index (χ2v) is 3.73. The summed E-state index contributed by atoms with van der Waals surface area (Å²) in [7, 11) is 0. The van der Waals surface area contributed by atoms with Crippen LogP contribution in [0, 0.1) is 0 Å². The molecular weight excluding hydrogens is 196 g/mol. The van der Waals surface area contributed by atoms with Gasteiger partial charge < -0.3 is 15.7 Å². The number of nitrogens with one attached hydrogen (secondary N) is 2. The predicted molar refractivity (Wildman–Crippen MR) is 57.6 cm³/mol. The molecule has 3 N–H and O–H groups in total. The van der Waals surface area contributed by atoms with E-state index in [4.69, 9.17) is 5.11 Å². The molecule has 5 heteroatoms. The van der Waals surface area contributed by atoms with Crippen molar-refractivity contribution < 1.29 is 14.7 Å². The van der Waals surface area contributed by atoms with E-state index in [0.29, 0.717) is 25.4 Å². The van der Waals surface area contributed by atoms with Crippen LogP contribution in [0.2, 0.25) is 0 Å². The highest BCUT2D eigenvalue weighted by atomic mass is 16.4. The summed E-state index contributed by atoms with van der Waals surface area (Å²) >= 11 is 0. The molecule has 0 aliphatic carbocycles. The second kappa shape index (κ2) is 7.23. The van der Waals surface area contributed by atoms with Gasteiger partial charge in [-0.05, 0) is 6.42 Å². The summed E-state index contributed by atoms with van der Waals surface area (Å²) in [6.07, 6.45) is 0.709. The van der Waals surface area contributed by atoms with Crippen molar-refractivity contribution in [3.63, 3.8) is 0 Å². The average Bonchev–Trinajstić information content (AvgIpc) is 2.13. The van der Waals surface area contributed by atoms with Gasteiger partial charge in [-0.25, -0.2) is 4.79 Å². The molecule has 0 radical (unpaired) electrons. The van der Waals surface area contributed by atoms with Crippen LogP contribution in [0.15, 0.2) is 0 Å². The second-order valence-electron chi connectivity index (χ2n) is 3.73. The van der Waals surface area contributed by atoms with Gasteiger partial charge in [0.2, 0.25) is 5.91 Å². The molecule has 0 aliphatic rings. The van der Waals surface area contributed by atoms with Crippen molar-refractivity contribution in [2.24, 2.45) is 0 Å². The third kappa shape index (κ3) is 6.90. The monoisotopic (exact) mass is 216 g/mol. The van der Waals surface area contributed by atoms with E-state index in [1.54, 1.807) is 6.92 Å². The van der Waals surface area contributed by atoms with Crippen LogP contribution in [0.5, 0.6) is 0 Å². The summed E-state index contributed by atoms with van der Waals surface area (Å²) in [5.74, 6) is -1.21. The normalized spacial score (nSPS) is 12.5. The van der Waals surface area contributed by atoms with Crippen LogP contribution < -0.4 is 10.6 Å². The van der Waals surface area contributed by atoms with Crippen LogP contribution in [0.3, 0.4) is 0 Å². The third-order valence-corrected chi connectivity index (χ3v) is 1.95. The van der Waals surface area contributed by atoms with Gasteiger partial charge in [-0.3, -0.25) is 4.79 Å². The highest BCUT2D eigenvalue weighted by molar-refractivity contribution is 5.83. The predicted octanol–water partition coefficient (Wildman–Crippen LogP) is 0.354. The van der Waals surface area contributed by atoms with Gasteiger partial charge in [0, 0.05) is 19.0 Å². The molecule has 0 saturated heterocycles. The van der Waals surface area contributed by atoms with E-state index in [9.17, 15) is 9.59 Å². The lowest BCUT2D eigenvalue weighted by atomic mass is 10.2. The summed E-state index contributed by atoms with van der Waals surface area (Å²) in [6, 6.07) is -0.434. The fourth-order valence-electron chi connectivity index (χ4n) is 1.08. The van der Waals surface area contributed by atoms with Gasteiger partial charge in [0.15, 0.2) is 0 Å². The van der Waals surface area contributed by atoms with Crippen LogP contribution in [-0.4, -0.2) is 35.6 Å². The molecule has 0 bridgehead atoms. The molecule has 15 heavy (non-hydrogen) atoms. The molecule has 88 valence electrons. The maximum atomic E-state index is 11.3. The van der Waals surface area contributed by atoms with Gasteiger partial charge in [0.1, 0.15) is 6.04 Å². The number of hydrogen-bond donors (Lipinski definition) is 3. The number of aliphatic carboxylic acids is 1. The quantitative estimate of drug-likeness (QED) is 0.574. The zero-order valence-electron chi connectivity index (χ0n) is 9.54. The Hall–Kier alpha value is -1.10. The Morgan fingerprint density at radius 2 is 1.93 bits per heavy atom. The third-order valence-electron chi connectivity index (χ3n) is 1.95. The zero-order valence-corrected chi connectivity index (χ0v) is 9.54. The van der Waals surface area contributed by atoms with Crippen LogP contribution in [0.1, 0.15) is 33.6 Å². The minimum Gasteiger partial charge on any atom is -0.480 e. The number of carbonyl (C=O) groups is 2. The Kier molecular flexibility index (Phi) is 6.70. The van der Waals surface area contributed by atoms with Crippen molar-refractivity contribution in [3.8, 4) is 0 Å². The lowest BCUT2D eigenvalue weighted by Gasteiger charge is -2.13. The summed E-state index contributed by atoms with van der Waals surface area (Å²) < 4.78 is 0. The van der Waals surface area contributed by atoms with Gasteiger partial charge in [0.25, 0.3) is 0 Å². The van der Waals surface area contributed by atoms with E-state index in [0.717, 1.165) is 0 Å². The molecule has 1 amide bonds. The first-order valence-electron chi connectivity index (χ1n) is 5.23. The Balaban J connectivity index is 3.77. The van der Waals surface area contributed by atoms with E-state index in [2.05, 4.69) is 10.6 Å². The first-order chi connectivity index (χ1) is 6.97. The Bertz CT molecular complexity index is 217. The SMILES string of the molecule is CC[C@H](NC(=O)CCNC(C)C)C(=O)O. The van der Waals surface area contributed by atoms with Crippen LogP contribution in [0.25, 0.3) is 0 Å². The molecule has 0 fully saturated rings. The lowest BCUT2D eigenvalue weighted by molar-refractivity contribution is -0.141. The molecule has 0 heterocycles. The number of rotatable bonds is 7. The Morgan fingerprint density at radius 3 is 2.33 bits per heavy atom. The molecule has 0 aliphatic heterocycles. The topological polar surface area (TPSA) is 78.4 Å². The van der Waals surface area contributed by atoms with Gasteiger partial charge in [0.05, 0.1) is 0 Å². The highest BCUT2D eigenvalue weighted by Crippen LogP contribution is 1.92.